The van der Waals surface area contributed by atoms with Crippen molar-refractivity contribution in [3.8, 4) is 28.3 Å². The fourth-order valence-corrected chi connectivity index (χ4v) is 7.29. The first-order valence-corrected chi connectivity index (χ1v) is 18.9. The van der Waals surface area contributed by atoms with Crippen molar-refractivity contribution in [3.63, 3.8) is 0 Å². The molecule has 0 aliphatic carbocycles. The van der Waals surface area contributed by atoms with E-state index in [4.69, 9.17) is 4.74 Å². The van der Waals surface area contributed by atoms with Crippen LogP contribution in [-0.4, -0.2) is 63.0 Å². The zero-order valence-corrected chi connectivity index (χ0v) is 31.0. The lowest BCUT2D eigenvalue weighted by atomic mass is 9.95. The van der Waals surface area contributed by atoms with E-state index in [1.165, 1.54) is 37.0 Å². The molecule has 1 saturated heterocycles. The van der Waals surface area contributed by atoms with Crippen LogP contribution in [0.15, 0.2) is 73.1 Å². The number of benzene rings is 2. The minimum atomic E-state index is -0.939. The number of aromatic nitrogens is 2. The van der Waals surface area contributed by atoms with Crippen molar-refractivity contribution in [1.29, 1.82) is 0 Å². The van der Waals surface area contributed by atoms with Crippen molar-refractivity contribution in [1.82, 2.24) is 20.2 Å². The molecular weight excluding hydrogens is 661 g/mol. The molecule has 1 unspecified atom stereocenters. The molecule has 3 heterocycles. The summed E-state index contributed by atoms with van der Waals surface area (Å²) in [4.78, 5) is 51.4. The largest absolute Gasteiger partial charge is 0.494 e. The number of nitrogens with zero attached hydrogens (tertiary/aromatic N) is 3. The van der Waals surface area contributed by atoms with Gasteiger partial charge in [0.1, 0.15) is 11.8 Å². The van der Waals surface area contributed by atoms with Gasteiger partial charge in [0, 0.05) is 47.4 Å². The highest BCUT2D eigenvalue weighted by molar-refractivity contribution is 7.14. The van der Waals surface area contributed by atoms with E-state index in [1.54, 1.807) is 11.0 Å². The molecule has 1 aliphatic heterocycles. The van der Waals surface area contributed by atoms with E-state index in [1.807, 2.05) is 67.0 Å². The predicted molar refractivity (Wildman–Crippen MR) is 202 cm³/mol. The second kappa shape index (κ2) is 17.6. The average molecular weight is 711 g/mol. The van der Waals surface area contributed by atoms with Crippen LogP contribution in [0.1, 0.15) is 99.2 Å². The summed E-state index contributed by atoms with van der Waals surface area (Å²) >= 11 is 1.42. The molecule has 10 heteroatoms. The second-order valence-electron chi connectivity index (χ2n) is 14.3. The number of hydrogen-bond acceptors (Lipinski definition) is 7. The molecule has 9 nitrogen and oxygen atoms in total. The molecule has 0 spiro atoms. The van der Waals surface area contributed by atoms with Crippen LogP contribution < -0.4 is 10.1 Å². The number of aliphatic carboxylic acids is 1. The summed E-state index contributed by atoms with van der Waals surface area (Å²) in [6.07, 6.45) is 11.2. The van der Waals surface area contributed by atoms with Crippen LogP contribution in [0.3, 0.4) is 0 Å². The van der Waals surface area contributed by atoms with Gasteiger partial charge in [-0.1, -0.05) is 89.8 Å². The number of likely N-dealkylation sites (tertiary alicyclic amines) is 1. The first-order valence-electron chi connectivity index (χ1n) is 18.1. The number of carbonyl (C=O) groups is 3. The third-order valence-corrected chi connectivity index (χ3v) is 10.8. The molecule has 1 fully saturated rings. The number of carboxylic acids is 1. The molecule has 270 valence electrons. The van der Waals surface area contributed by atoms with Gasteiger partial charge in [-0.05, 0) is 60.1 Å². The number of nitrogens with one attached hydrogen (secondary N) is 1. The lowest BCUT2D eigenvalue weighted by Gasteiger charge is -2.29. The van der Waals surface area contributed by atoms with Gasteiger partial charge >= 0.3 is 5.97 Å². The number of thiophene rings is 1. The Hall–Kier alpha value is -4.57. The van der Waals surface area contributed by atoms with Crippen LogP contribution in [-0.2, 0) is 21.4 Å². The van der Waals surface area contributed by atoms with Gasteiger partial charge in [0.25, 0.3) is 5.91 Å². The minimum Gasteiger partial charge on any atom is -0.494 e. The van der Waals surface area contributed by atoms with Gasteiger partial charge in [-0.25, -0.2) is 9.97 Å². The van der Waals surface area contributed by atoms with Gasteiger partial charge in [0.2, 0.25) is 5.91 Å². The quantitative estimate of drug-likeness (QED) is 0.112. The summed E-state index contributed by atoms with van der Waals surface area (Å²) in [6, 6.07) is 18.2. The van der Waals surface area contributed by atoms with Gasteiger partial charge in [-0.2, -0.15) is 0 Å². The maximum atomic E-state index is 13.9. The van der Waals surface area contributed by atoms with Crippen molar-refractivity contribution >= 4 is 29.1 Å². The highest BCUT2D eigenvalue weighted by atomic mass is 32.1. The molecule has 51 heavy (non-hydrogen) atoms. The number of amides is 2. The van der Waals surface area contributed by atoms with E-state index in [0.717, 1.165) is 52.3 Å². The van der Waals surface area contributed by atoms with Gasteiger partial charge in [-0.15, -0.1) is 11.3 Å². The lowest BCUT2D eigenvalue weighted by Crippen LogP contribution is -2.51. The minimum absolute atomic E-state index is 0.0997. The Morgan fingerprint density at radius 3 is 2.25 bits per heavy atom. The predicted octanol–water partition coefficient (Wildman–Crippen LogP) is 8.33. The summed E-state index contributed by atoms with van der Waals surface area (Å²) in [5.41, 5.74) is 3.49. The molecule has 5 rings (SSSR count). The summed E-state index contributed by atoms with van der Waals surface area (Å²) < 4.78 is 5.90. The Balaban J connectivity index is 1.25. The summed E-state index contributed by atoms with van der Waals surface area (Å²) in [6.45, 7) is 9.70. The molecule has 2 atom stereocenters. The molecule has 4 aromatic rings. The van der Waals surface area contributed by atoms with Crippen LogP contribution in [0.4, 0.5) is 0 Å². The molecular formula is C41H50N4O5S. The number of unbranched alkanes of at least 4 members (excludes halogenated alkanes) is 4. The Bertz CT molecular complexity index is 1750. The maximum Gasteiger partial charge on any atom is 0.305 e. The molecule has 1 aliphatic rings. The van der Waals surface area contributed by atoms with Gasteiger partial charge in [0.05, 0.1) is 17.9 Å². The van der Waals surface area contributed by atoms with E-state index >= 15 is 0 Å². The van der Waals surface area contributed by atoms with E-state index in [-0.39, 0.29) is 36.1 Å². The van der Waals surface area contributed by atoms with Crippen molar-refractivity contribution in [2.24, 2.45) is 0 Å². The third-order valence-electron chi connectivity index (χ3n) is 9.25. The summed E-state index contributed by atoms with van der Waals surface area (Å²) in [5, 5.41) is 12.4. The maximum absolute atomic E-state index is 13.9. The third kappa shape index (κ3) is 10.5. The normalized spacial score (nSPS) is 15.1. The van der Waals surface area contributed by atoms with E-state index in [0.29, 0.717) is 23.7 Å². The molecule has 0 radical (unpaired) electrons. The lowest BCUT2D eigenvalue weighted by molar-refractivity contribution is -0.140. The second-order valence-corrected chi connectivity index (χ2v) is 15.4. The van der Waals surface area contributed by atoms with Crippen LogP contribution in [0, 0.1) is 0 Å². The monoisotopic (exact) mass is 710 g/mol. The van der Waals surface area contributed by atoms with E-state index in [2.05, 4.69) is 43.0 Å². The summed E-state index contributed by atoms with van der Waals surface area (Å²) in [5.74, 6) is -0.0735. The molecule has 2 amide bonds. The molecule has 2 aromatic heterocycles. The molecule has 0 saturated carbocycles. The van der Waals surface area contributed by atoms with Gasteiger partial charge < -0.3 is 20.1 Å². The standard InChI is InChI=1S/C41H50N4O5S/c1-5-6-7-8-9-23-50-33-18-16-29(17-19-33)31-26-42-38(43-27-31)30-14-12-28(13-15-30)24-34(40(49)45-22-10-11-32(45)25-37(46)47)44-39(48)35-20-21-36(51-35)41(2,3)4/h12-21,26-27,32,34H,5-11,22-25H2,1-4H3,(H,44,48)(H,46,47)/t32?,34-/m0/s1. The average Bonchev–Trinajstić information content (AvgIpc) is 3.81. The number of carboxylic acid groups (broad SMARTS) is 1. The fraction of sp³-hybridized carbons (Fsp3) is 0.439. The zero-order valence-electron chi connectivity index (χ0n) is 30.2. The fourth-order valence-electron chi connectivity index (χ4n) is 6.32. The van der Waals surface area contributed by atoms with Gasteiger partial charge in [-0.3, -0.25) is 14.4 Å². The van der Waals surface area contributed by atoms with E-state index in [9.17, 15) is 19.5 Å². The van der Waals surface area contributed by atoms with Crippen LogP contribution in [0.5, 0.6) is 5.75 Å². The van der Waals surface area contributed by atoms with E-state index < -0.39 is 12.0 Å². The molecule has 2 N–H and O–H groups in total. The molecule has 2 aromatic carbocycles. The Morgan fingerprint density at radius 1 is 0.922 bits per heavy atom. The SMILES string of the molecule is CCCCCCCOc1ccc(-c2cnc(-c3ccc(C[C@H](NC(=O)c4ccc(C(C)(C)C)s4)C(=O)N4CCCC4CC(=O)O)cc3)nc2)cc1. The zero-order chi connectivity index (χ0) is 36.4. The number of hydrogen-bond donors (Lipinski definition) is 2. The number of carbonyl (C=O) groups excluding carboxylic acids is 2. The highest BCUT2D eigenvalue weighted by Gasteiger charge is 2.35. The Labute approximate surface area is 305 Å². The number of rotatable bonds is 16. The Kier molecular flexibility index (Phi) is 13.0. The first-order chi connectivity index (χ1) is 24.5. The number of ether oxygens (including phenoxy) is 1. The van der Waals surface area contributed by atoms with Crippen LogP contribution >= 0.6 is 11.3 Å². The van der Waals surface area contributed by atoms with Crippen molar-refractivity contribution < 1.29 is 24.2 Å². The van der Waals surface area contributed by atoms with Crippen molar-refractivity contribution in [2.75, 3.05) is 13.2 Å². The Morgan fingerprint density at radius 2 is 1.61 bits per heavy atom. The smallest absolute Gasteiger partial charge is 0.305 e. The first kappa shape index (κ1) is 37.7. The van der Waals surface area contributed by atoms with Crippen LogP contribution in [0.25, 0.3) is 22.5 Å². The summed E-state index contributed by atoms with van der Waals surface area (Å²) in [7, 11) is 0. The van der Waals surface area contributed by atoms with Gasteiger partial charge in [0.15, 0.2) is 5.82 Å². The van der Waals surface area contributed by atoms with Crippen molar-refractivity contribution in [3.05, 3.63) is 88.4 Å². The topological polar surface area (TPSA) is 122 Å². The highest BCUT2D eigenvalue weighted by Crippen LogP contribution is 2.30. The molecule has 0 bridgehead atoms. The van der Waals surface area contributed by atoms with Crippen molar-refractivity contribution in [2.45, 2.75) is 103 Å². The van der Waals surface area contributed by atoms with Crippen LogP contribution in [0.2, 0.25) is 0 Å².